The summed E-state index contributed by atoms with van der Waals surface area (Å²) in [6.07, 6.45) is 4.17. The first kappa shape index (κ1) is 13.0. The number of hydrogen-bond donors (Lipinski definition) is 0. The average Bonchev–Trinajstić information content (AvgIpc) is 3.11. The van der Waals surface area contributed by atoms with Gasteiger partial charge < -0.3 is 8.98 Å². The van der Waals surface area contributed by atoms with Gasteiger partial charge in [-0.1, -0.05) is 0 Å². The van der Waals surface area contributed by atoms with E-state index in [0.717, 1.165) is 28.5 Å². The van der Waals surface area contributed by atoms with Crippen LogP contribution < -0.4 is 0 Å². The molecule has 21 heavy (non-hydrogen) atoms. The normalized spacial score (nSPS) is 16.6. The molecule has 4 nitrogen and oxygen atoms in total. The highest BCUT2D eigenvalue weighted by atomic mass is 32.2. The highest BCUT2D eigenvalue weighted by Crippen LogP contribution is 2.34. The predicted molar refractivity (Wildman–Crippen MR) is 85.6 cm³/mol. The highest BCUT2D eigenvalue weighted by molar-refractivity contribution is 7.99. The summed E-state index contributed by atoms with van der Waals surface area (Å²) in [5.74, 6) is 5.06. The van der Waals surface area contributed by atoms with Gasteiger partial charge in [-0.15, -0.1) is 0 Å². The molecule has 4 rings (SSSR count). The molecule has 0 atom stereocenters. The van der Waals surface area contributed by atoms with Gasteiger partial charge in [-0.3, -0.25) is 0 Å². The van der Waals surface area contributed by atoms with Crippen molar-refractivity contribution in [2.75, 3.05) is 11.5 Å². The van der Waals surface area contributed by atoms with E-state index in [9.17, 15) is 0 Å². The quantitative estimate of drug-likeness (QED) is 0.715. The van der Waals surface area contributed by atoms with Crippen molar-refractivity contribution < 1.29 is 4.42 Å². The van der Waals surface area contributed by atoms with Crippen LogP contribution in [0.1, 0.15) is 24.6 Å². The Morgan fingerprint density at radius 1 is 1.24 bits per heavy atom. The Morgan fingerprint density at radius 2 is 2.10 bits per heavy atom. The predicted octanol–water partition coefficient (Wildman–Crippen LogP) is 4.07. The molecule has 1 aliphatic rings. The second-order valence-corrected chi connectivity index (χ2v) is 6.63. The summed E-state index contributed by atoms with van der Waals surface area (Å²) >= 11 is 2.03. The minimum atomic E-state index is 0.464. The van der Waals surface area contributed by atoms with E-state index in [-0.39, 0.29) is 0 Å². The Bertz CT molecular complexity index is 771. The largest absolute Gasteiger partial charge is 0.458 e. The van der Waals surface area contributed by atoms with Crippen LogP contribution in [0.15, 0.2) is 34.9 Å². The molecule has 3 aromatic heterocycles. The number of furan rings is 1. The van der Waals surface area contributed by atoms with E-state index < -0.39 is 0 Å². The van der Waals surface area contributed by atoms with Crippen molar-refractivity contribution >= 4 is 22.9 Å². The summed E-state index contributed by atoms with van der Waals surface area (Å²) < 4.78 is 8.10. The number of imidazole rings is 1. The second-order valence-electron chi connectivity index (χ2n) is 5.41. The zero-order valence-electron chi connectivity index (χ0n) is 12.0. The number of aryl methyl sites for hydroxylation is 1. The molecule has 3 aromatic rings. The standard InChI is InChI=1S/C16H17N3OS/c1-11-4-5-14(20-11)16-18-13-3-2-8-17-15(13)19(16)12-6-9-21-10-7-12/h2-5,8,12H,6-7,9-10H2,1H3. The van der Waals surface area contributed by atoms with Gasteiger partial charge in [0.05, 0.1) is 0 Å². The number of fused-ring (bicyclic) bond motifs is 1. The molecular weight excluding hydrogens is 282 g/mol. The minimum absolute atomic E-state index is 0.464. The Kier molecular flexibility index (Phi) is 3.22. The summed E-state index contributed by atoms with van der Waals surface area (Å²) in [4.78, 5) is 9.33. The molecule has 0 N–H and O–H groups in total. The number of pyridine rings is 1. The number of nitrogens with zero attached hydrogens (tertiary/aromatic N) is 3. The molecule has 0 saturated carbocycles. The van der Waals surface area contributed by atoms with Gasteiger partial charge in [-0.2, -0.15) is 11.8 Å². The lowest BCUT2D eigenvalue weighted by atomic mass is 10.1. The third-order valence-corrected chi connectivity index (χ3v) is 5.01. The monoisotopic (exact) mass is 299 g/mol. The summed E-state index contributed by atoms with van der Waals surface area (Å²) in [7, 11) is 0. The summed E-state index contributed by atoms with van der Waals surface area (Å²) in [5, 5.41) is 0. The third-order valence-electron chi connectivity index (χ3n) is 3.97. The fourth-order valence-electron chi connectivity index (χ4n) is 2.95. The van der Waals surface area contributed by atoms with E-state index in [2.05, 4.69) is 9.55 Å². The van der Waals surface area contributed by atoms with Crippen molar-refractivity contribution in [1.82, 2.24) is 14.5 Å². The smallest absolute Gasteiger partial charge is 0.178 e. The zero-order chi connectivity index (χ0) is 14.2. The van der Waals surface area contributed by atoms with Crippen LogP contribution in [0.3, 0.4) is 0 Å². The second kappa shape index (κ2) is 5.22. The van der Waals surface area contributed by atoms with Gasteiger partial charge in [0.15, 0.2) is 17.2 Å². The molecule has 1 saturated heterocycles. The van der Waals surface area contributed by atoms with Gasteiger partial charge in [0.25, 0.3) is 0 Å². The fraction of sp³-hybridized carbons (Fsp3) is 0.375. The van der Waals surface area contributed by atoms with E-state index in [1.165, 1.54) is 24.3 Å². The van der Waals surface area contributed by atoms with E-state index >= 15 is 0 Å². The lowest BCUT2D eigenvalue weighted by Crippen LogP contribution is -2.16. The molecule has 108 valence electrons. The van der Waals surface area contributed by atoms with E-state index in [1.807, 2.05) is 49.1 Å². The fourth-order valence-corrected chi connectivity index (χ4v) is 4.03. The van der Waals surface area contributed by atoms with Gasteiger partial charge in [0.1, 0.15) is 11.3 Å². The topological polar surface area (TPSA) is 43.9 Å². The number of thioether (sulfide) groups is 1. The van der Waals surface area contributed by atoms with Crippen molar-refractivity contribution in [2.45, 2.75) is 25.8 Å². The van der Waals surface area contributed by atoms with Crippen molar-refractivity contribution in [3.8, 4) is 11.6 Å². The Hall–Kier alpha value is -1.75. The molecule has 0 radical (unpaired) electrons. The van der Waals surface area contributed by atoms with Crippen molar-refractivity contribution in [2.24, 2.45) is 0 Å². The maximum Gasteiger partial charge on any atom is 0.178 e. The Morgan fingerprint density at radius 3 is 2.86 bits per heavy atom. The summed E-state index contributed by atoms with van der Waals surface area (Å²) in [5.41, 5.74) is 1.92. The molecule has 0 aliphatic carbocycles. The third kappa shape index (κ3) is 2.25. The van der Waals surface area contributed by atoms with Gasteiger partial charge in [-0.25, -0.2) is 9.97 Å². The number of aromatic nitrogens is 3. The van der Waals surface area contributed by atoms with Crippen molar-refractivity contribution in [3.05, 3.63) is 36.2 Å². The SMILES string of the molecule is Cc1ccc(-c2nc3cccnc3n2C2CCSCC2)o1. The Labute approximate surface area is 127 Å². The van der Waals surface area contributed by atoms with Crippen LogP contribution in [0.25, 0.3) is 22.7 Å². The lowest BCUT2D eigenvalue weighted by Gasteiger charge is -2.24. The maximum atomic E-state index is 5.81. The van der Waals surface area contributed by atoms with E-state index in [4.69, 9.17) is 9.40 Å². The Balaban J connectivity index is 1.92. The number of rotatable bonds is 2. The highest BCUT2D eigenvalue weighted by Gasteiger charge is 2.24. The van der Waals surface area contributed by atoms with Crippen LogP contribution in [0.4, 0.5) is 0 Å². The molecular formula is C16H17N3OS. The first-order valence-corrected chi connectivity index (χ1v) is 8.46. The van der Waals surface area contributed by atoms with Gasteiger partial charge in [0.2, 0.25) is 0 Å². The van der Waals surface area contributed by atoms with Crippen molar-refractivity contribution in [3.63, 3.8) is 0 Å². The number of hydrogen-bond acceptors (Lipinski definition) is 4. The molecule has 0 bridgehead atoms. The van der Waals surface area contributed by atoms with Crippen molar-refractivity contribution in [1.29, 1.82) is 0 Å². The van der Waals surface area contributed by atoms with Gasteiger partial charge >= 0.3 is 0 Å². The molecule has 1 aliphatic heterocycles. The van der Waals surface area contributed by atoms with E-state index in [1.54, 1.807) is 0 Å². The maximum absolute atomic E-state index is 5.81. The van der Waals surface area contributed by atoms with E-state index in [0.29, 0.717) is 6.04 Å². The average molecular weight is 299 g/mol. The molecule has 0 aromatic carbocycles. The van der Waals surface area contributed by atoms with Crippen LogP contribution in [0.5, 0.6) is 0 Å². The molecule has 0 amide bonds. The van der Waals surface area contributed by atoms with Gasteiger partial charge in [-0.05, 0) is 55.5 Å². The van der Waals surface area contributed by atoms with Crippen LogP contribution in [-0.2, 0) is 0 Å². The minimum Gasteiger partial charge on any atom is -0.458 e. The van der Waals surface area contributed by atoms with Crippen LogP contribution in [0.2, 0.25) is 0 Å². The molecule has 1 fully saturated rings. The zero-order valence-corrected chi connectivity index (χ0v) is 12.8. The first-order valence-electron chi connectivity index (χ1n) is 7.30. The molecule has 0 spiro atoms. The molecule has 4 heterocycles. The van der Waals surface area contributed by atoms with Crippen LogP contribution >= 0.6 is 11.8 Å². The van der Waals surface area contributed by atoms with Crippen LogP contribution in [0, 0.1) is 6.92 Å². The molecule has 5 heteroatoms. The lowest BCUT2D eigenvalue weighted by molar-refractivity contribution is 0.471. The summed E-state index contributed by atoms with van der Waals surface area (Å²) in [6, 6.07) is 8.42. The van der Waals surface area contributed by atoms with Gasteiger partial charge in [0, 0.05) is 12.2 Å². The summed E-state index contributed by atoms with van der Waals surface area (Å²) in [6.45, 7) is 1.96. The molecule has 0 unspecified atom stereocenters. The van der Waals surface area contributed by atoms with Crippen LogP contribution in [-0.4, -0.2) is 26.0 Å². The first-order chi connectivity index (χ1) is 10.3.